The zero-order chi connectivity index (χ0) is 18.0. The van der Waals surface area contributed by atoms with Gasteiger partial charge in [0, 0.05) is 48.7 Å². The Labute approximate surface area is 146 Å². The molecule has 1 amide bonds. The molecule has 1 fully saturated rings. The molecule has 2 aromatic rings. The molecule has 0 unspecified atom stereocenters. The molecule has 2 heterocycles. The largest absolute Gasteiger partial charge is 0.362 e. The standard InChI is InChI=1S/C19H22FN3O2/c1-13-10-17(14(2)21-13)18(24)12-22-6-8-23(9-7-22)19(25)15-4-3-5-16(20)11-15/h3-5,10-11,21H,6-9,12H2,1-2H3. The van der Waals surface area contributed by atoms with Gasteiger partial charge in [0.15, 0.2) is 5.78 Å². The molecule has 3 rings (SSSR count). The van der Waals surface area contributed by atoms with E-state index in [0.717, 1.165) is 17.0 Å². The zero-order valence-electron chi connectivity index (χ0n) is 14.5. The summed E-state index contributed by atoms with van der Waals surface area (Å²) in [5.41, 5.74) is 2.97. The highest BCUT2D eigenvalue weighted by atomic mass is 19.1. The fourth-order valence-corrected chi connectivity index (χ4v) is 3.21. The number of carbonyl (C=O) groups excluding carboxylic acids is 2. The molecule has 1 saturated heterocycles. The zero-order valence-corrected chi connectivity index (χ0v) is 14.5. The number of piperazine rings is 1. The number of Topliss-reactive ketones (excluding diaryl/α,β-unsaturated/α-hetero) is 1. The van der Waals surface area contributed by atoms with Gasteiger partial charge in [-0.05, 0) is 38.1 Å². The Balaban J connectivity index is 1.56. The van der Waals surface area contributed by atoms with E-state index in [9.17, 15) is 14.0 Å². The van der Waals surface area contributed by atoms with E-state index in [2.05, 4.69) is 9.88 Å². The normalized spacial score (nSPS) is 15.4. The second-order valence-electron chi connectivity index (χ2n) is 6.49. The molecule has 0 spiro atoms. The molecular weight excluding hydrogens is 321 g/mol. The van der Waals surface area contributed by atoms with Crippen molar-refractivity contribution in [2.75, 3.05) is 32.7 Å². The van der Waals surface area contributed by atoms with Gasteiger partial charge in [0.05, 0.1) is 6.54 Å². The van der Waals surface area contributed by atoms with E-state index in [4.69, 9.17) is 0 Å². The summed E-state index contributed by atoms with van der Waals surface area (Å²) in [6, 6.07) is 7.62. The first-order valence-electron chi connectivity index (χ1n) is 8.40. The number of nitrogens with one attached hydrogen (secondary N) is 1. The number of rotatable bonds is 4. The third-order valence-electron chi connectivity index (χ3n) is 4.55. The van der Waals surface area contributed by atoms with Crippen molar-refractivity contribution in [2.24, 2.45) is 0 Å². The van der Waals surface area contributed by atoms with Crippen LogP contribution < -0.4 is 0 Å². The Morgan fingerprint density at radius 3 is 2.44 bits per heavy atom. The van der Waals surface area contributed by atoms with Crippen molar-refractivity contribution in [2.45, 2.75) is 13.8 Å². The molecule has 25 heavy (non-hydrogen) atoms. The average Bonchev–Trinajstić information content (AvgIpc) is 2.93. The minimum Gasteiger partial charge on any atom is -0.362 e. The first-order chi connectivity index (χ1) is 11.9. The van der Waals surface area contributed by atoms with Gasteiger partial charge in [-0.15, -0.1) is 0 Å². The Bertz CT molecular complexity index is 792. The molecule has 5 nitrogen and oxygen atoms in total. The van der Waals surface area contributed by atoms with Gasteiger partial charge in [-0.2, -0.15) is 0 Å². The minimum absolute atomic E-state index is 0.0896. The molecule has 0 saturated carbocycles. The van der Waals surface area contributed by atoms with E-state index in [1.165, 1.54) is 12.1 Å². The molecule has 1 aromatic carbocycles. The maximum atomic E-state index is 13.3. The molecule has 0 atom stereocenters. The lowest BCUT2D eigenvalue weighted by Gasteiger charge is -2.34. The molecule has 6 heteroatoms. The van der Waals surface area contributed by atoms with Gasteiger partial charge in [0.2, 0.25) is 0 Å². The molecule has 0 radical (unpaired) electrons. The lowest BCUT2D eigenvalue weighted by Crippen LogP contribution is -2.49. The fraction of sp³-hybridized carbons (Fsp3) is 0.368. The summed E-state index contributed by atoms with van der Waals surface area (Å²) in [4.78, 5) is 31.8. The van der Waals surface area contributed by atoms with Gasteiger partial charge in [-0.3, -0.25) is 14.5 Å². The third-order valence-corrected chi connectivity index (χ3v) is 4.55. The minimum atomic E-state index is -0.410. The number of benzene rings is 1. The summed E-state index contributed by atoms with van der Waals surface area (Å²) in [6.45, 7) is 6.52. The highest BCUT2D eigenvalue weighted by Crippen LogP contribution is 2.13. The summed E-state index contributed by atoms with van der Waals surface area (Å²) in [5, 5.41) is 0. The van der Waals surface area contributed by atoms with Gasteiger partial charge in [0.1, 0.15) is 5.82 Å². The summed E-state index contributed by atoms with van der Waals surface area (Å²) >= 11 is 0. The van der Waals surface area contributed by atoms with E-state index >= 15 is 0 Å². The highest BCUT2D eigenvalue weighted by molar-refractivity contribution is 5.99. The number of halogens is 1. The quantitative estimate of drug-likeness (QED) is 0.868. The van der Waals surface area contributed by atoms with E-state index in [1.54, 1.807) is 17.0 Å². The van der Waals surface area contributed by atoms with Crippen molar-refractivity contribution < 1.29 is 14.0 Å². The number of hydrogen-bond donors (Lipinski definition) is 1. The van der Waals surface area contributed by atoms with Crippen LogP contribution in [0, 0.1) is 19.7 Å². The Kier molecular flexibility index (Phi) is 4.99. The van der Waals surface area contributed by atoms with Gasteiger partial charge in [-0.25, -0.2) is 4.39 Å². The van der Waals surface area contributed by atoms with Crippen molar-refractivity contribution in [3.8, 4) is 0 Å². The first kappa shape index (κ1) is 17.4. The second kappa shape index (κ2) is 7.19. The van der Waals surface area contributed by atoms with E-state index < -0.39 is 5.82 Å². The number of aromatic nitrogens is 1. The topological polar surface area (TPSA) is 56.4 Å². The van der Waals surface area contributed by atoms with Gasteiger partial charge in [0.25, 0.3) is 5.91 Å². The predicted molar refractivity (Wildman–Crippen MR) is 93.3 cm³/mol. The smallest absolute Gasteiger partial charge is 0.254 e. The Morgan fingerprint density at radius 2 is 1.84 bits per heavy atom. The van der Waals surface area contributed by atoms with E-state index in [-0.39, 0.29) is 11.7 Å². The monoisotopic (exact) mass is 343 g/mol. The van der Waals surface area contributed by atoms with Gasteiger partial charge < -0.3 is 9.88 Å². The van der Waals surface area contributed by atoms with Crippen LogP contribution in [0.1, 0.15) is 32.1 Å². The SMILES string of the molecule is Cc1cc(C(=O)CN2CCN(C(=O)c3cccc(F)c3)CC2)c(C)[nH]1. The number of hydrogen-bond acceptors (Lipinski definition) is 3. The van der Waals surface area contributed by atoms with E-state index in [0.29, 0.717) is 38.3 Å². The third kappa shape index (κ3) is 3.96. The lowest BCUT2D eigenvalue weighted by atomic mass is 10.1. The van der Waals surface area contributed by atoms with E-state index in [1.807, 2.05) is 19.9 Å². The van der Waals surface area contributed by atoms with Crippen LogP contribution in [0.2, 0.25) is 0 Å². The van der Waals surface area contributed by atoms with Crippen LogP contribution >= 0.6 is 0 Å². The number of aromatic amines is 1. The molecule has 0 aliphatic carbocycles. The Hall–Kier alpha value is -2.47. The van der Waals surface area contributed by atoms with Crippen molar-refractivity contribution in [1.29, 1.82) is 0 Å². The summed E-state index contributed by atoms with van der Waals surface area (Å²) in [5.74, 6) is -0.485. The number of nitrogens with zero attached hydrogens (tertiary/aromatic N) is 2. The maximum absolute atomic E-state index is 13.3. The number of H-pyrrole nitrogens is 1. The van der Waals surface area contributed by atoms with Crippen LogP contribution in [-0.2, 0) is 0 Å². The summed E-state index contributed by atoms with van der Waals surface area (Å²) in [7, 11) is 0. The fourth-order valence-electron chi connectivity index (χ4n) is 3.21. The number of ketones is 1. The van der Waals surface area contributed by atoms with Gasteiger partial charge >= 0.3 is 0 Å². The lowest BCUT2D eigenvalue weighted by molar-refractivity contribution is 0.0624. The summed E-state index contributed by atoms with van der Waals surface area (Å²) in [6.07, 6.45) is 0. The molecule has 0 bridgehead atoms. The van der Waals surface area contributed by atoms with Crippen LogP contribution in [0.25, 0.3) is 0 Å². The van der Waals surface area contributed by atoms with Crippen LogP contribution in [0.3, 0.4) is 0 Å². The molecule has 1 N–H and O–H groups in total. The summed E-state index contributed by atoms with van der Waals surface area (Å²) < 4.78 is 13.3. The van der Waals surface area contributed by atoms with Crippen molar-refractivity contribution in [1.82, 2.24) is 14.8 Å². The highest BCUT2D eigenvalue weighted by Gasteiger charge is 2.24. The Morgan fingerprint density at radius 1 is 1.12 bits per heavy atom. The van der Waals surface area contributed by atoms with Crippen molar-refractivity contribution in [3.05, 3.63) is 58.7 Å². The molecule has 1 aliphatic heterocycles. The number of aryl methyl sites for hydroxylation is 2. The van der Waals surface area contributed by atoms with Crippen molar-refractivity contribution in [3.63, 3.8) is 0 Å². The van der Waals surface area contributed by atoms with Crippen LogP contribution in [0.15, 0.2) is 30.3 Å². The average molecular weight is 343 g/mol. The maximum Gasteiger partial charge on any atom is 0.254 e. The first-order valence-corrected chi connectivity index (χ1v) is 8.40. The van der Waals surface area contributed by atoms with Crippen LogP contribution in [0.5, 0.6) is 0 Å². The number of amides is 1. The number of carbonyl (C=O) groups is 2. The molecule has 132 valence electrons. The predicted octanol–water partition coefficient (Wildman–Crippen LogP) is 2.41. The van der Waals surface area contributed by atoms with Crippen LogP contribution in [0.4, 0.5) is 4.39 Å². The second-order valence-corrected chi connectivity index (χ2v) is 6.49. The van der Waals surface area contributed by atoms with Crippen molar-refractivity contribution >= 4 is 11.7 Å². The molecular formula is C19H22FN3O2. The van der Waals surface area contributed by atoms with Gasteiger partial charge in [-0.1, -0.05) is 6.07 Å². The molecule has 1 aromatic heterocycles. The van der Waals surface area contributed by atoms with Crippen LogP contribution in [-0.4, -0.2) is 59.2 Å². The molecule has 1 aliphatic rings.